The summed E-state index contributed by atoms with van der Waals surface area (Å²) in [5, 5.41) is 0. The Hall–Kier alpha value is -3.13. The first-order valence-corrected chi connectivity index (χ1v) is 14.0. The third-order valence-electron chi connectivity index (χ3n) is 7.60. The largest absolute Gasteiger partial charge is 0.490 e. The normalized spacial score (nSPS) is 20.4. The van der Waals surface area contributed by atoms with E-state index >= 15 is 0 Å². The molecule has 2 aromatic rings. The van der Waals surface area contributed by atoms with E-state index in [1.165, 1.54) is 17.7 Å². The average Bonchev–Trinajstić information content (AvgIpc) is 2.90. The van der Waals surface area contributed by atoms with Crippen LogP contribution in [0, 0.1) is 18.7 Å². The summed E-state index contributed by atoms with van der Waals surface area (Å²) in [7, 11) is 1.85. The van der Waals surface area contributed by atoms with Gasteiger partial charge in [-0.1, -0.05) is 6.07 Å². The summed E-state index contributed by atoms with van der Waals surface area (Å²) >= 11 is 0. The highest BCUT2D eigenvalue weighted by atomic mass is 19.1. The Kier molecular flexibility index (Phi) is 9.15. The molecule has 0 aromatic heterocycles. The van der Waals surface area contributed by atoms with Crippen molar-refractivity contribution >= 4 is 17.7 Å². The van der Waals surface area contributed by atoms with Crippen molar-refractivity contribution < 1.29 is 23.5 Å². The van der Waals surface area contributed by atoms with Crippen LogP contribution in [0.25, 0.3) is 0 Å². The Morgan fingerprint density at radius 1 is 0.974 bits per heavy atom. The number of benzene rings is 2. The predicted molar refractivity (Wildman–Crippen MR) is 150 cm³/mol. The highest BCUT2D eigenvalue weighted by Crippen LogP contribution is 2.31. The minimum atomic E-state index is -0.485. The molecule has 212 valence electrons. The molecule has 0 bridgehead atoms. The van der Waals surface area contributed by atoms with E-state index in [4.69, 9.17) is 9.47 Å². The van der Waals surface area contributed by atoms with Gasteiger partial charge < -0.3 is 19.3 Å². The Balaban J connectivity index is 1.25. The summed E-state index contributed by atoms with van der Waals surface area (Å²) < 4.78 is 24.6. The zero-order valence-electron chi connectivity index (χ0n) is 23.9. The highest BCUT2D eigenvalue weighted by Gasteiger charge is 2.30. The fourth-order valence-corrected chi connectivity index (χ4v) is 5.26. The summed E-state index contributed by atoms with van der Waals surface area (Å²) in [6, 6.07) is 12.3. The van der Waals surface area contributed by atoms with Gasteiger partial charge in [0.15, 0.2) is 0 Å². The lowest BCUT2D eigenvalue weighted by atomic mass is 9.86. The van der Waals surface area contributed by atoms with Crippen LogP contribution in [-0.4, -0.2) is 66.7 Å². The number of piperazine rings is 1. The van der Waals surface area contributed by atoms with Gasteiger partial charge in [0.1, 0.15) is 17.2 Å². The van der Waals surface area contributed by atoms with Gasteiger partial charge in [0, 0.05) is 51.4 Å². The van der Waals surface area contributed by atoms with Crippen molar-refractivity contribution in [1.82, 2.24) is 9.80 Å². The SMILES string of the molecule is Cc1cc(N(C)C(=O)[C@H]2CC[C@H](Oc3ccc(F)cc3)CC2)ccc1CN1CCN(C(=O)OC(C)(C)C)CC1. The second kappa shape index (κ2) is 12.4. The van der Waals surface area contributed by atoms with Crippen LogP contribution >= 0.6 is 0 Å². The van der Waals surface area contributed by atoms with E-state index in [1.807, 2.05) is 33.9 Å². The summed E-state index contributed by atoms with van der Waals surface area (Å²) in [5.41, 5.74) is 2.79. The standard InChI is InChI=1S/C31H42FN3O4/c1-22-20-26(11-6-24(22)21-34-16-18-35(19-17-34)30(37)39-31(2,3)4)33(5)29(36)23-7-12-27(13-8-23)38-28-14-9-25(32)10-15-28/h6,9-11,14-15,20,23,27H,7-8,12-13,16-19,21H2,1-5H3/t23-,27-. The Morgan fingerprint density at radius 3 is 2.21 bits per heavy atom. The lowest BCUT2D eigenvalue weighted by Gasteiger charge is -2.36. The second-order valence-corrected chi connectivity index (χ2v) is 11.8. The van der Waals surface area contributed by atoms with Crippen LogP contribution in [0.3, 0.4) is 0 Å². The Labute approximate surface area is 231 Å². The maximum Gasteiger partial charge on any atom is 0.410 e. The summed E-state index contributed by atoms with van der Waals surface area (Å²) in [6.45, 7) is 11.5. The minimum Gasteiger partial charge on any atom is -0.490 e. The number of carbonyl (C=O) groups excluding carboxylic acids is 2. The van der Waals surface area contributed by atoms with Gasteiger partial charge >= 0.3 is 6.09 Å². The van der Waals surface area contributed by atoms with Gasteiger partial charge in [-0.15, -0.1) is 0 Å². The third-order valence-corrected chi connectivity index (χ3v) is 7.60. The molecule has 7 nitrogen and oxygen atoms in total. The molecule has 39 heavy (non-hydrogen) atoms. The zero-order chi connectivity index (χ0) is 28.2. The monoisotopic (exact) mass is 539 g/mol. The molecular weight excluding hydrogens is 497 g/mol. The van der Waals surface area contributed by atoms with E-state index in [2.05, 4.69) is 24.0 Å². The van der Waals surface area contributed by atoms with Gasteiger partial charge in [0.05, 0.1) is 6.10 Å². The number of anilines is 1. The zero-order valence-corrected chi connectivity index (χ0v) is 23.9. The van der Waals surface area contributed by atoms with Gasteiger partial charge in [-0.25, -0.2) is 9.18 Å². The molecule has 4 rings (SSSR count). The summed E-state index contributed by atoms with van der Waals surface area (Å²) in [6.07, 6.45) is 2.98. The molecule has 0 atom stereocenters. The average molecular weight is 540 g/mol. The molecular formula is C31H42FN3O4. The Bertz CT molecular complexity index is 1130. The number of aryl methyl sites for hydroxylation is 1. The van der Waals surface area contributed by atoms with Crippen molar-refractivity contribution in [3.05, 3.63) is 59.4 Å². The highest BCUT2D eigenvalue weighted by molar-refractivity contribution is 5.94. The first-order chi connectivity index (χ1) is 18.5. The van der Waals surface area contributed by atoms with Gasteiger partial charge in [-0.05, 0) is 101 Å². The number of nitrogens with zero attached hydrogens (tertiary/aromatic N) is 3. The topological polar surface area (TPSA) is 62.3 Å². The van der Waals surface area contributed by atoms with Gasteiger partial charge in [-0.3, -0.25) is 9.69 Å². The van der Waals surface area contributed by atoms with E-state index in [1.54, 1.807) is 21.9 Å². The van der Waals surface area contributed by atoms with E-state index in [0.717, 1.165) is 56.6 Å². The van der Waals surface area contributed by atoms with Gasteiger partial charge in [-0.2, -0.15) is 0 Å². The molecule has 1 saturated heterocycles. The number of carbonyl (C=O) groups is 2. The number of halogens is 1. The van der Waals surface area contributed by atoms with Crippen LogP contribution in [0.15, 0.2) is 42.5 Å². The van der Waals surface area contributed by atoms with Crippen LogP contribution < -0.4 is 9.64 Å². The predicted octanol–water partition coefficient (Wildman–Crippen LogP) is 5.79. The van der Waals surface area contributed by atoms with Crippen LogP contribution in [0.5, 0.6) is 5.75 Å². The fraction of sp³-hybridized carbons (Fsp3) is 0.548. The van der Waals surface area contributed by atoms with Crippen LogP contribution in [-0.2, 0) is 16.1 Å². The maximum atomic E-state index is 13.3. The van der Waals surface area contributed by atoms with Crippen molar-refractivity contribution in [2.45, 2.75) is 71.6 Å². The number of hydrogen-bond donors (Lipinski definition) is 0. The van der Waals surface area contributed by atoms with Gasteiger partial charge in [0.25, 0.3) is 0 Å². The molecule has 1 aliphatic carbocycles. The molecule has 0 spiro atoms. The van der Waals surface area contributed by atoms with Crippen LogP contribution in [0.1, 0.15) is 57.6 Å². The molecule has 1 aliphatic heterocycles. The lowest BCUT2D eigenvalue weighted by molar-refractivity contribution is -0.123. The lowest BCUT2D eigenvalue weighted by Crippen LogP contribution is -2.49. The van der Waals surface area contributed by atoms with E-state index in [-0.39, 0.29) is 29.8 Å². The van der Waals surface area contributed by atoms with E-state index in [0.29, 0.717) is 18.8 Å². The Morgan fingerprint density at radius 2 is 1.62 bits per heavy atom. The minimum absolute atomic E-state index is 0.0238. The molecule has 2 aliphatic rings. The molecule has 2 aromatic carbocycles. The first kappa shape index (κ1) is 28.9. The summed E-state index contributed by atoms with van der Waals surface area (Å²) in [4.78, 5) is 31.5. The quantitative estimate of drug-likeness (QED) is 0.465. The molecule has 1 heterocycles. The maximum absolute atomic E-state index is 13.3. The van der Waals surface area contributed by atoms with E-state index < -0.39 is 5.60 Å². The molecule has 0 radical (unpaired) electrons. The van der Waals surface area contributed by atoms with Crippen molar-refractivity contribution in [2.24, 2.45) is 5.92 Å². The molecule has 2 fully saturated rings. The van der Waals surface area contributed by atoms with Crippen LogP contribution in [0.2, 0.25) is 0 Å². The third kappa shape index (κ3) is 7.94. The van der Waals surface area contributed by atoms with Crippen molar-refractivity contribution in [3.8, 4) is 5.75 Å². The smallest absolute Gasteiger partial charge is 0.410 e. The van der Waals surface area contributed by atoms with Crippen molar-refractivity contribution in [2.75, 3.05) is 38.1 Å². The second-order valence-electron chi connectivity index (χ2n) is 11.8. The molecule has 8 heteroatoms. The molecule has 0 unspecified atom stereocenters. The number of rotatable bonds is 6. The van der Waals surface area contributed by atoms with Crippen molar-refractivity contribution in [3.63, 3.8) is 0 Å². The van der Waals surface area contributed by atoms with E-state index in [9.17, 15) is 14.0 Å². The number of ether oxygens (including phenoxy) is 2. The van der Waals surface area contributed by atoms with Crippen LogP contribution in [0.4, 0.5) is 14.9 Å². The molecule has 2 amide bonds. The summed E-state index contributed by atoms with van der Waals surface area (Å²) in [5.74, 6) is 0.509. The van der Waals surface area contributed by atoms with Gasteiger partial charge in [0.2, 0.25) is 5.91 Å². The fourth-order valence-electron chi connectivity index (χ4n) is 5.26. The van der Waals surface area contributed by atoms with Crippen molar-refractivity contribution in [1.29, 1.82) is 0 Å². The molecule has 0 N–H and O–H groups in total. The first-order valence-electron chi connectivity index (χ1n) is 14.0. The number of amides is 2. The molecule has 1 saturated carbocycles. The number of hydrogen-bond acceptors (Lipinski definition) is 5.